The molecule has 1 saturated heterocycles. The van der Waals surface area contributed by atoms with Crippen LogP contribution in [0.1, 0.15) is 19.3 Å². The Morgan fingerprint density at radius 1 is 1.50 bits per heavy atom. The molecule has 0 aromatic carbocycles. The molecular weight excluding hydrogens is 206 g/mol. The van der Waals surface area contributed by atoms with Crippen LogP contribution >= 0.6 is 0 Å². The fraction of sp³-hybridized carbons (Fsp3) is 0.818. The number of carbonyl (C=O) groups excluding carboxylic acids is 2. The number of carbonyl (C=O) groups is 2. The van der Waals surface area contributed by atoms with Gasteiger partial charge in [0.05, 0.1) is 5.92 Å². The predicted molar refractivity (Wildman–Crippen MR) is 61.9 cm³/mol. The summed E-state index contributed by atoms with van der Waals surface area (Å²) in [6.07, 6.45) is 2.38. The van der Waals surface area contributed by atoms with Gasteiger partial charge in [0.25, 0.3) is 0 Å². The van der Waals surface area contributed by atoms with Crippen LogP contribution < -0.4 is 10.6 Å². The van der Waals surface area contributed by atoms with Crippen LogP contribution in [0.5, 0.6) is 0 Å². The van der Waals surface area contributed by atoms with Crippen molar-refractivity contribution in [1.82, 2.24) is 15.5 Å². The van der Waals surface area contributed by atoms with Gasteiger partial charge < -0.3 is 15.5 Å². The molecule has 2 amide bonds. The molecule has 0 aromatic rings. The fourth-order valence-corrected chi connectivity index (χ4v) is 1.88. The van der Waals surface area contributed by atoms with E-state index in [2.05, 4.69) is 10.6 Å². The minimum atomic E-state index is -0.0265. The molecule has 1 atom stereocenters. The van der Waals surface area contributed by atoms with Crippen LogP contribution in [0.25, 0.3) is 0 Å². The molecule has 1 aliphatic heterocycles. The van der Waals surface area contributed by atoms with E-state index in [0.717, 1.165) is 25.9 Å². The standard InChI is InChI=1S/C11H21N3O2/c1-12-10(15)5-7-14(2)11(16)9-4-3-6-13-8-9/h9,13H,3-8H2,1-2H3,(H,12,15)/t9-/m1/s1. The Kier molecular flexibility index (Phi) is 5.25. The van der Waals surface area contributed by atoms with Crippen LogP contribution in [-0.2, 0) is 9.59 Å². The zero-order chi connectivity index (χ0) is 12.0. The van der Waals surface area contributed by atoms with Gasteiger partial charge in [0.15, 0.2) is 0 Å². The summed E-state index contributed by atoms with van der Waals surface area (Å²) >= 11 is 0. The summed E-state index contributed by atoms with van der Waals surface area (Å²) in [5.74, 6) is 0.209. The van der Waals surface area contributed by atoms with Gasteiger partial charge in [-0.05, 0) is 19.4 Å². The summed E-state index contributed by atoms with van der Waals surface area (Å²) in [7, 11) is 3.37. The molecule has 0 radical (unpaired) electrons. The molecule has 0 bridgehead atoms. The predicted octanol–water partition coefficient (Wildman–Crippen LogP) is -0.419. The van der Waals surface area contributed by atoms with Gasteiger partial charge >= 0.3 is 0 Å². The van der Waals surface area contributed by atoms with Gasteiger partial charge in [0.2, 0.25) is 11.8 Å². The van der Waals surface area contributed by atoms with E-state index < -0.39 is 0 Å². The Bertz CT molecular complexity index is 250. The van der Waals surface area contributed by atoms with Crippen molar-refractivity contribution in [3.8, 4) is 0 Å². The molecule has 0 spiro atoms. The van der Waals surface area contributed by atoms with Gasteiger partial charge in [-0.25, -0.2) is 0 Å². The number of nitrogens with zero attached hydrogens (tertiary/aromatic N) is 1. The van der Waals surface area contributed by atoms with Gasteiger partial charge in [-0.15, -0.1) is 0 Å². The van der Waals surface area contributed by atoms with Crippen molar-refractivity contribution in [1.29, 1.82) is 0 Å². The zero-order valence-electron chi connectivity index (χ0n) is 10.1. The number of hydrogen-bond acceptors (Lipinski definition) is 3. The maximum Gasteiger partial charge on any atom is 0.226 e. The normalized spacial score (nSPS) is 20.2. The second-order valence-corrected chi connectivity index (χ2v) is 4.23. The smallest absolute Gasteiger partial charge is 0.226 e. The molecule has 5 nitrogen and oxygen atoms in total. The highest BCUT2D eigenvalue weighted by Gasteiger charge is 2.23. The highest BCUT2D eigenvalue weighted by Crippen LogP contribution is 2.12. The maximum absolute atomic E-state index is 12.0. The Morgan fingerprint density at radius 2 is 2.25 bits per heavy atom. The van der Waals surface area contributed by atoms with Gasteiger partial charge in [-0.2, -0.15) is 0 Å². The highest BCUT2D eigenvalue weighted by molar-refractivity contribution is 5.80. The number of nitrogens with one attached hydrogen (secondary N) is 2. The quantitative estimate of drug-likeness (QED) is 0.686. The Labute approximate surface area is 96.6 Å². The van der Waals surface area contributed by atoms with Crippen molar-refractivity contribution >= 4 is 11.8 Å². The van der Waals surface area contributed by atoms with E-state index in [9.17, 15) is 9.59 Å². The first kappa shape index (κ1) is 13.0. The molecule has 1 aliphatic rings. The second kappa shape index (κ2) is 6.48. The average Bonchev–Trinajstić information content (AvgIpc) is 2.35. The van der Waals surface area contributed by atoms with E-state index in [0.29, 0.717) is 13.0 Å². The molecule has 0 aliphatic carbocycles. The Balaban J connectivity index is 2.31. The average molecular weight is 227 g/mol. The minimum Gasteiger partial charge on any atom is -0.359 e. The number of hydrogen-bond donors (Lipinski definition) is 2. The molecule has 5 heteroatoms. The first-order chi connectivity index (χ1) is 7.65. The summed E-state index contributed by atoms with van der Waals surface area (Å²) in [6.45, 7) is 2.27. The lowest BCUT2D eigenvalue weighted by Crippen LogP contribution is -2.42. The topological polar surface area (TPSA) is 61.4 Å². The molecule has 0 aromatic heterocycles. The zero-order valence-corrected chi connectivity index (χ0v) is 10.1. The molecule has 1 fully saturated rings. The third-order valence-corrected chi connectivity index (χ3v) is 2.98. The molecular formula is C11H21N3O2. The first-order valence-corrected chi connectivity index (χ1v) is 5.81. The summed E-state index contributed by atoms with van der Waals surface area (Å²) in [4.78, 5) is 24.7. The van der Waals surface area contributed by atoms with E-state index in [4.69, 9.17) is 0 Å². The van der Waals surface area contributed by atoms with Crippen molar-refractivity contribution in [3.05, 3.63) is 0 Å². The Morgan fingerprint density at radius 3 is 2.81 bits per heavy atom. The van der Waals surface area contributed by atoms with Gasteiger partial charge in [0, 0.05) is 33.6 Å². The number of rotatable bonds is 4. The van der Waals surface area contributed by atoms with Crippen molar-refractivity contribution in [3.63, 3.8) is 0 Å². The van der Waals surface area contributed by atoms with E-state index in [1.165, 1.54) is 0 Å². The minimum absolute atomic E-state index is 0.0265. The van der Waals surface area contributed by atoms with Crippen molar-refractivity contribution in [2.24, 2.45) is 5.92 Å². The van der Waals surface area contributed by atoms with Crippen molar-refractivity contribution in [2.45, 2.75) is 19.3 Å². The van der Waals surface area contributed by atoms with Gasteiger partial charge in [-0.3, -0.25) is 9.59 Å². The molecule has 16 heavy (non-hydrogen) atoms. The molecule has 0 saturated carbocycles. The largest absolute Gasteiger partial charge is 0.359 e. The molecule has 1 rings (SSSR count). The third-order valence-electron chi connectivity index (χ3n) is 2.98. The SMILES string of the molecule is CNC(=O)CCN(C)C(=O)[C@@H]1CCCNC1. The molecule has 2 N–H and O–H groups in total. The monoisotopic (exact) mass is 227 g/mol. The first-order valence-electron chi connectivity index (χ1n) is 5.81. The molecule has 92 valence electrons. The van der Waals surface area contributed by atoms with Crippen molar-refractivity contribution in [2.75, 3.05) is 33.7 Å². The fourth-order valence-electron chi connectivity index (χ4n) is 1.88. The van der Waals surface area contributed by atoms with E-state index in [1.54, 1.807) is 19.0 Å². The van der Waals surface area contributed by atoms with E-state index in [-0.39, 0.29) is 17.7 Å². The summed E-state index contributed by atoms with van der Waals surface area (Å²) < 4.78 is 0. The highest BCUT2D eigenvalue weighted by atomic mass is 16.2. The summed E-state index contributed by atoms with van der Waals surface area (Å²) in [5.41, 5.74) is 0. The lowest BCUT2D eigenvalue weighted by atomic mass is 9.98. The van der Waals surface area contributed by atoms with Crippen LogP contribution in [0.2, 0.25) is 0 Å². The van der Waals surface area contributed by atoms with Crippen LogP contribution in [0, 0.1) is 5.92 Å². The van der Waals surface area contributed by atoms with Crippen LogP contribution in [0.15, 0.2) is 0 Å². The second-order valence-electron chi connectivity index (χ2n) is 4.23. The maximum atomic E-state index is 12.0. The Hall–Kier alpha value is -1.10. The number of amides is 2. The third kappa shape index (κ3) is 3.81. The van der Waals surface area contributed by atoms with E-state index in [1.807, 2.05) is 0 Å². The molecule has 1 heterocycles. The van der Waals surface area contributed by atoms with Gasteiger partial charge in [0.1, 0.15) is 0 Å². The number of piperidine rings is 1. The van der Waals surface area contributed by atoms with Crippen molar-refractivity contribution < 1.29 is 9.59 Å². The van der Waals surface area contributed by atoms with Gasteiger partial charge in [-0.1, -0.05) is 0 Å². The van der Waals surface area contributed by atoms with Crippen LogP contribution in [0.3, 0.4) is 0 Å². The lowest BCUT2D eigenvalue weighted by molar-refractivity contribution is -0.135. The molecule has 0 unspecified atom stereocenters. The van der Waals surface area contributed by atoms with E-state index >= 15 is 0 Å². The van der Waals surface area contributed by atoms with Crippen LogP contribution in [0.4, 0.5) is 0 Å². The van der Waals surface area contributed by atoms with Crippen LogP contribution in [-0.4, -0.2) is 50.4 Å². The lowest BCUT2D eigenvalue weighted by Gasteiger charge is -2.26. The summed E-state index contributed by atoms with van der Waals surface area (Å²) in [6, 6.07) is 0. The summed E-state index contributed by atoms with van der Waals surface area (Å²) in [5, 5.41) is 5.77.